The second-order valence-electron chi connectivity index (χ2n) is 6.34. The summed E-state index contributed by atoms with van der Waals surface area (Å²) in [7, 11) is 0. The maximum absolute atomic E-state index is 12.0. The van der Waals surface area contributed by atoms with Gasteiger partial charge in [-0.2, -0.15) is 0 Å². The molecule has 0 radical (unpaired) electrons. The zero-order valence-corrected chi connectivity index (χ0v) is 15.8. The summed E-state index contributed by atoms with van der Waals surface area (Å²) in [6.45, 7) is 0.159. The molecule has 0 saturated carbocycles. The average Bonchev–Trinajstić information content (AvgIpc) is 2.73. The average molecular weight is 408 g/mol. The summed E-state index contributed by atoms with van der Waals surface area (Å²) in [4.78, 5) is 22.3. The van der Waals surface area contributed by atoms with Crippen LogP contribution in [-0.2, 0) is 6.61 Å². The van der Waals surface area contributed by atoms with Crippen LogP contribution in [0.15, 0.2) is 82.0 Å². The predicted octanol–water partition coefficient (Wildman–Crippen LogP) is 5.60. The van der Waals surface area contributed by atoms with Crippen LogP contribution >= 0.6 is 11.6 Å². The molecule has 6 nitrogen and oxygen atoms in total. The Morgan fingerprint density at radius 1 is 1.00 bits per heavy atom. The molecule has 1 aromatic heterocycles. The van der Waals surface area contributed by atoms with E-state index in [9.17, 15) is 14.9 Å². The van der Waals surface area contributed by atoms with E-state index in [4.69, 9.17) is 20.8 Å². The first kappa shape index (κ1) is 18.7. The third-order valence-corrected chi connectivity index (χ3v) is 4.72. The smallest absolute Gasteiger partial charge is 0.336 e. The van der Waals surface area contributed by atoms with Crippen molar-refractivity contribution in [2.75, 3.05) is 0 Å². The number of halogens is 1. The topological polar surface area (TPSA) is 82.6 Å². The van der Waals surface area contributed by atoms with Crippen LogP contribution in [0, 0.1) is 10.1 Å². The fourth-order valence-electron chi connectivity index (χ4n) is 3.01. The Balaban J connectivity index is 1.67. The lowest BCUT2D eigenvalue weighted by Crippen LogP contribution is -2.00. The molecule has 3 aromatic carbocycles. The fraction of sp³-hybridized carbons (Fsp3) is 0.0455. The summed E-state index contributed by atoms with van der Waals surface area (Å²) in [5.74, 6) is 0.353. The lowest BCUT2D eigenvalue weighted by atomic mass is 10.0. The van der Waals surface area contributed by atoms with Gasteiger partial charge in [0.05, 0.1) is 9.95 Å². The van der Waals surface area contributed by atoms with E-state index in [-0.39, 0.29) is 12.3 Å². The van der Waals surface area contributed by atoms with Gasteiger partial charge in [0, 0.05) is 29.7 Å². The van der Waals surface area contributed by atoms with E-state index in [0.29, 0.717) is 21.7 Å². The molecule has 0 N–H and O–H groups in total. The number of nitro groups is 1. The minimum atomic E-state index is -0.472. The molecular weight excluding hydrogens is 394 g/mol. The Bertz CT molecular complexity index is 1250. The van der Waals surface area contributed by atoms with Gasteiger partial charge in [0.25, 0.3) is 5.69 Å². The molecule has 144 valence electrons. The number of rotatable bonds is 5. The van der Waals surface area contributed by atoms with Crippen molar-refractivity contribution in [3.8, 4) is 16.9 Å². The third-order valence-electron chi connectivity index (χ3n) is 4.42. The van der Waals surface area contributed by atoms with Crippen LogP contribution < -0.4 is 10.4 Å². The van der Waals surface area contributed by atoms with Crippen molar-refractivity contribution >= 4 is 28.3 Å². The van der Waals surface area contributed by atoms with Crippen molar-refractivity contribution < 1.29 is 14.1 Å². The highest BCUT2D eigenvalue weighted by molar-refractivity contribution is 6.33. The highest BCUT2D eigenvalue weighted by Gasteiger charge is 2.13. The van der Waals surface area contributed by atoms with Gasteiger partial charge in [0.2, 0.25) is 0 Å². The van der Waals surface area contributed by atoms with Gasteiger partial charge in [-0.1, -0.05) is 41.9 Å². The van der Waals surface area contributed by atoms with Gasteiger partial charge >= 0.3 is 5.63 Å². The molecule has 0 unspecified atom stereocenters. The van der Waals surface area contributed by atoms with Crippen LogP contribution in [0.3, 0.4) is 0 Å². The second kappa shape index (κ2) is 7.77. The third kappa shape index (κ3) is 3.97. The summed E-state index contributed by atoms with van der Waals surface area (Å²) < 4.78 is 11.1. The number of nitro benzene ring substituents is 1. The number of hydrogen-bond donors (Lipinski definition) is 0. The van der Waals surface area contributed by atoms with Crippen LogP contribution in [0.4, 0.5) is 5.69 Å². The van der Waals surface area contributed by atoms with Crippen molar-refractivity contribution in [1.82, 2.24) is 0 Å². The van der Waals surface area contributed by atoms with Gasteiger partial charge in [0.1, 0.15) is 17.9 Å². The van der Waals surface area contributed by atoms with Crippen LogP contribution in [-0.4, -0.2) is 4.92 Å². The molecule has 0 aliphatic rings. The largest absolute Gasteiger partial charge is 0.487 e. The number of ether oxygens (including phenoxy) is 1. The summed E-state index contributed by atoms with van der Waals surface area (Å²) in [6, 6.07) is 20.2. The van der Waals surface area contributed by atoms with Gasteiger partial charge in [-0.05, 0) is 34.9 Å². The monoisotopic (exact) mass is 407 g/mol. The van der Waals surface area contributed by atoms with E-state index >= 15 is 0 Å². The number of fused-ring (bicyclic) bond motifs is 1. The molecule has 0 saturated heterocycles. The standard InChI is InChI=1S/C22H14ClNO5/c23-19-10-18-17(15-4-2-1-3-5-15)11-22(25)29-20(18)12-21(19)28-13-14-6-8-16(9-7-14)24(26)27/h1-12H,13H2. The molecule has 4 aromatic rings. The van der Waals surface area contributed by atoms with Crippen molar-refractivity contribution in [3.05, 3.63) is 104 Å². The van der Waals surface area contributed by atoms with Crippen molar-refractivity contribution in [3.63, 3.8) is 0 Å². The molecule has 4 rings (SSSR count). The SMILES string of the molecule is O=c1cc(-c2ccccc2)c2cc(Cl)c(OCc3ccc([N+](=O)[O-])cc3)cc2o1. The molecule has 29 heavy (non-hydrogen) atoms. The molecule has 1 heterocycles. The van der Waals surface area contributed by atoms with Gasteiger partial charge in [-0.25, -0.2) is 4.79 Å². The van der Waals surface area contributed by atoms with Crippen molar-refractivity contribution in [1.29, 1.82) is 0 Å². The highest BCUT2D eigenvalue weighted by atomic mass is 35.5. The van der Waals surface area contributed by atoms with Crippen LogP contribution in [0.2, 0.25) is 5.02 Å². The van der Waals surface area contributed by atoms with Gasteiger partial charge in [-0.3, -0.25) is 10.1 Å². The maximum atomic E-state index is 12.0. The predicted molar refractivity (Wildman–Crippen MR) is 110 cm³/mol. The number of nitrogens with zero attached hydrogens (tertiary/aromatic N) is 1. The number of hydrogen-bond acceptors (Lipinski definition) is 5. The first-order valence-corrected chi connectivity index (χ1v) is 9.08. The molecular formula is C22H14ClNO5. The molecule has 0 fully saturated rings. The Kier molecular flexibility index (Phi) is 5.01. The lowest BCUT2D eigenvalue weighted by Gasteiger charge is -2.11. The van der Waals surface area contributed by atoms with Crippen LogP contribution in [0.25, 0.3) is 22.1 Å². The Hall–Kier alpha value is -3.64. The van der Waals surface area contributed by atoms with E-state index in [1.54, 1.807) is 24.3 Å². The fourth-order valence-corrected chi connectivity index (χ4v) is 3.22. The minimum absolute atomic E-state index is 0.00713. The molecule has 0 atom stereocenters. The quantitative estimate of drug-likeness (QED) is 0.244. The molecule has 0 aliphatic heterocycles. The summed E-state index contributed by atoms with van der Waals surface area (Å²) in [5.41, 5.74) is 2.24. The number of non-ortho nitro benzene ring substituents is 1. The van der Waals surface area contributed by atoms with Gasteiger partial charge < -0.3 is 9.15 Å². The maximum Gasteiger partial charge on any atom is 0.336 e. The second-order valence-corrected chi connectivity index (χ2v) is 6.74. The van der Waals surface area contributed by atoms with E-state index in [1.807, 2.05) is 30.3 Å². The zero-order valence-electron chi connectivity index (χ0n) is 15.0. The van der Waals surface area contributed by atoms with E-state index in [2.05, 4.69) is 0 Å². The van der Waals surface area contributed by atoms with E-state index in [1.165, 1.54) is 18.2 Å². The molecule has 0 aliphatic carbocycles. The Morgan fingerprint density at radius 2 is 1.72 bits per heavy atom. The highest BCUT2D eigenvalue weighted by Crippen LogP contribution is 2.35. The lowest BCUT2D eigenvalue weighted by molar-refractivity contribution is -0.384. The molecule has 0 spiro atoms. The van der Waals surface area contributed by atoms with Crippen molar-refractivity contribution in [2.45, 2.75) is 6.61 Å². The minimum Gasteiger partial charge on any atom is -0.487 e. The number of benzene rings is 3. The first-order valence-electron chi connectivity index (χ1n) is 8.70. The molecule has 0 bridgehead atoms. The first-order chi connectivity index (χ1) is 14.0. The van der Waals surface area contributed by atoms with Gasteiger partial charge in [-0.15, -0.1) is 0 Å². The molecule has 7 heteroatoms. The van der Waals surface area contributed by atoms with E-state index in [0.717, 1.165) is 16.7 Å². The summed E-state index contributed by atoms with van der Waals surface area (Å²) >= 11 is 6.40. The van der Waals surface area contributed by atoms with Crippen LogP contribution in [0.5, 0.6) is 5.75 Å². The Morgan fingerprint density at radius 3 is 2.41 bits per heavy atom. The summed E-state index contributed by atoms with van der Waals surface area (Å²) in [5, 5.41) is 11.8. The van der Waals surface area contributed by atoms with Crippen LogP contribution in [0.1, 0.15) is 5.56 Å². The van der Waals surface area contributed by atoms with E-state index < -0.39 is 10.5 Å². The summed E-state index contributed by atoms with van der Waals surface area (Å²) in [6.07, 6.45) is 0. The van der Waals surface area contributed by atoms with Gasteiger partial charge in [0.15, 0.2) is 0 Å². The molecule has 0 amide bonds. The Labute approximate surface area is 170 Å². The normalized spacial score (nSPS) is 10.8. The van der Waals surface area contributed by atoms with Crippen molar-refractivity contribution in [2.24, 2.45) is 0 Å². The zero-order chi connectivity index (χ0) is 20.4.